The molecule has 0 amide bonds. The van der Waals surface area contributed by atoms with Crippen molar-refractivity contribution in [2.24, 2.45) is 0 Å². The third kappa shape index (κ3) is 4.48. The highest BCUT2D eigenvalue weighted by Gasteiger charge is 1.90. The van der Waals surface area contributed by atoms with E-state index in [1.165, 1.54) is 12.5 Å². The van der Waals surface area contributed by atoms with Crippen LogP contribution >= 0.6 is 0 Å². The molecular weight excluding hydrogens is 141 g/mol. The van der Waals surface area contributed by atoms with Gasteiger partial charge in [0.25, 0.3) is 0 Å². The van der Waals surface area contributed by atoms with Gasteiger partial charge in [0.1, 0.15) is 5.82 Å². The molecule has 0 saturated heterocycles. The Morgan fingerprint density at radius 3 is 2.27 bits per heavy atom. The first-order chi connectivity index (χ1) is 5.22. The second-order valence-corrected chi connectivity index (χ2v) is 2.28. The molecule has 1 rings (SSSR count). The molecule has 0 unspecified atom stereocenters. The molecule has 1 nitrogen and oxygen atoms in total. The van der Waals surface area contributed by atoms with Gasteiger partial charge >= 0.3 is 0 Å². The molecular formula is C9H14FN. The van der Waals surface area contributed by atoms with Gasteiger partial charge in [-0.1, -0.05) is 20.3 Å². The van der Waals surface area contributed by atoms with Crippen molar-refractivity contribution in [2.75, 3.05) is 0 Å². The Balaban J connectivity index is 0.000000292. The Morgan fingerprint density at radius 2 is 2.00 bits per heavy atom. The lowest BCUT2D eigenvalue weighted by Gasteiger charge is -1.88. The van der Waals surface area contributed by atoms with E-state index >= 15 is 0 Å². The molecule has 0 spiro atoms. The van der Waals surface area contributed by atoms with E-state index in [-0.39, 0.29) is 5.82 Å². The van der Waals surface area contributed by atoms with E-state index in [4.69, 9.17) is 0 Å². The van der Waals surface area contributed by atoms with E-state index in [0.717, 1.165) is 0 Å². The summed E-state index contributed by atoms with van der Waals surface area (Å²) in [6.07, 6.45) is 2.82. The summed E-state index contributed by atoms with van der Waals surface area (Å²) in [7, 11) is 0. The molecule has 0 radical (unpaired) electrons. The van der Waals surface area contributed by atoms with E-state index in [2.05, 4.69) is 18.8 Å². The lowest BCUT2D eigenvalue weighted by Crippen LogP contribution is -1.82. The Kier molecular flexibility index (Phi) is 5.35. The largest absolute Gasteiger partial charge is 0.259 e. The van der Waals surface area contributed by atoms with Crippen LogP contribution < -0.4 is 0 Å². The summed E-state index contributed by atoms with van der Waals surface area (Å²) < 4.78 is 12.3. The van der Waals surface area contributed by atoms with Gasteiger partial charge in [0.15, 0.2) is 0 Å². The smallest absolute Gasteiger partial charge is 0.144 e. The molecule has 1 aromatic rings. The number of nitrogens with zero attached hydrogens (tertiary/aromatic N) is 1. The van der Waals surface area contributed by atoms with Crippen LogP contribution in [0.4, 0.5) is 4.39 Å². The van der Waals surface area contributed by atoms with Crippen LogP contribution in [0.3, 0.4) is 0 Å². The fourth-order valence-corrected chi connectivity index (χ4v) is 0.465. The zero-order chi connectivity index (χ0) is 8.69. The van der Waals surface area contributed by atoms with Gasteiger partial charge in [-0.15, -0.1) is 0 Å². The van der Waals surface area contributed by atoms with E-state index in [1.54, 1.807) is 19.2 Å². The maximum Gasteiger partial charge on any atom is 0.144 e. The number of hydrogen-bond acceptors (Lipinski definition) is 1. The van der Waals surface area contributed by atoms with Crippen molar-refractivity contribution in [2.45, 2.75) is 27.2 Å². The first kappa shape index (κ1) is 10.1. The van der Waals surface area contributed by atoms with E-state index in [1.807, 2.05) is 0 Å². The van der Waals surface area contributed by atoms with E-state index in [9.17, 15) is 4.39 Å². The van der Waals surface area contributed by atoms with Crippen molar-refractivity contribution < 1.29 is 4.39 Å². The number of pyridine rings is 1. The van der Waals surface area contributed by atoms with Crippen molar-refractivity contribution >= 4 is 0 Å². The van der Waals surface area contributed by atoms with Crippen LogP contribution in [0.5, 0.6) is 0 Å². The van der Waals surface area contributed by atoms with Gasteiger partial charge < -0.3 is 0 Å². The normalized spacial score (nSPS) is 8.36. The minimum absolute atomic E-state index is 0.243. The van der Waals surface area contributed by atoms with Crippen LogP contribution in [0.1, 0.15) is 26.0 Å². The number of halogens is 1. The van der Waals surface area contributed by atoms with Gasteiger partial charge in [0.2, 0.25) is 0 Å². The molecule has 1 aromatic heterocycles. The minimum Gasteiger partial charge on any atom is -0.259 e. The summed E-state index contributed by atoms with van der Waals surface area (Å²) >= 11 is 0. The van der Waals surface area contributed by atoms with Crippen LogP contribution in [0.15, 0.2) is 18.3 Å². The number of hydrogen-bond donors (Lipinski definition) is 0. The number of rotatable bonds is 0. The predicted octanol–water partition coefficient (Wildman–Crippen LogP) is 2.95. The van der Waals surface area contributed by atoms with Crippen LogP contribution in [-0.2, 0) is 0 Å². The molecule has 0 N–H and O–H groups in total. The fourth-order valence-electron chi connectivity index (χ4n) is 0.465. The van der Waals surface area contributed by atoms with Gasteiger partial charge in [0.05, 0.1) is 5.69 Å². The number of aryl methyl sites for hydroxylation is 1. The molecule has 0 aromatic carbocycles. The van der Waals surface area contributed by atoms with Gasteiger partial charge in [-0.2, -0.15) is 0 Å². The summed E-state index contributed by atoms with van der Waals surface area (Å²) in [6, 6.07) is 2.96. The average molecular weight is 155 g/mol. The highest BCUT2D eigenvalue weighted by atomic mass is 19.1. The third-order valence-electron chi connectivity index (χ3n) is 0.942. The third-order valence-corrected chi connectivity index (χ3v) is 0.942. The van der Waals surface area contributed by atoms with Crippen molar-refractivity contribution in [3.05, 3.63) is 29.8 Å². The monoisotopic (exact) mass is 155 g/mol. The lowest BCUT2D eigenvalue weighted by atomic mass is 10.4. The van der Waals surface area contributed by atoms with Crippen molar-refractivity contribution in [3.8, 4) is 0 Å². The highest BCUT2D eigenvalue weighted by Crippen LogP contribution is 1.97. The molecule has 0 aliphatic rings. The maximum absolute atomic E-state index is 12.3. The van der Waals surface area contributed by atoms with Crippen molar-refractivity contribution in [3.63, 3.8) is 0 Å². The summed E-state index contributed by atoms with van der Waals surface area (Å²) in [4.78, 5) is 3.70. The van der Waals surface area contributed by atoms with Crippen LogP contribution in [0.25, 0.3) is 0 Å². The van der Waals surface area contributed by atoms with Gasteiger partial charge in [-0.05, 0) is 19.1 Å². The van der Waals surface area contributed by atoms with Crippen LogP contribution in [0.2, 0.25) is 0 Å². The van der Waals surface area contributed by atoms with Gasteiger partial charge in [-0.3, -0.25) is 4.98 Å². The highest BCUT2D eigenvalue weighted by molar-refractivity contribution is 5.03. The van der Waals surface area contributed by atoms with Gasteiger partial charge in [-0.25, -0.2) is 4.39 Å². The van der Waals surface area contributed by atoms with Crippen molar-refractivity contribution in [1.82, 2.24) is 4.98 Å². The minimum atomic E-state index is -0.243. The molecule has 0 aliphatic carbocycles. The maximum atomic E-state index is 12.3. The first-order valence-corrected chi connectivity index (χ1v) is 3.79. The molecule has 1 heterocycles. The molecule has 2 heteroatoms. The molecule has 0 bridgehead atoms. The Labute approximate surface area is 67.3 Å². The topological polar surface area (TPSA) is 12.9 Å². The van der Waals surface area contributed by atoms with E-state index in [0.29, 0.717) is 5.69 Å². The molecule has 11 heavy (non-hydrogen) atoms. The summed E-state index contributed by atoms with van der Waals surface area (Å²) in [5.74, 6) is -0.243. The second-order valence-electron chi connectivity index (χ2n) is 2.28. The molecule has 62 valence electrons. The predicted molar refractivity (Wildman–Crippen MR) is 44.9 cm³/mol. The SMILES string of the molecule is CCC.Cc1ncccc1F. The first-order valence-electron chi connectivity index (χ1n) is 3.79. The van der Waals surface area contributed by atoms with Crippen LogP contribution in [0, 0.1) is 12.7 Å². The molecule has 0 fully saturated rings. The standard InChI is InChI=1S/C6H6FN.C3H8/c1-5-6(7)3-2-4-8-5;1-3-2/h2-4H,1H3;3H2,1-2H3. The molecule has 0 saturated carbocycles. The Bertz CT molecular complexity index is 178. The van der Waals surface area contributed by atoms with Gasteiger partial charge in [0, 0.05) is 6.20 Å². The van der Waals surface area contributed by atoms with E-state index < -0.39 is 0 Å². The summed E-state index contributed by atoms with van der Waals surface area (Å²) in [5, 5.41) is 0. The van der Waals surface area contributed by atoms with Crippen molar-refractivity contribution in [1.29, 1.82) is 0 Å². The number of aromatic nitrogens is 1. The van der Waals surface area contributed by atoms with Crippen LogP contribution in [-0.4, -0.2) is 4.98 Å². The molecule has 0 atom stereocenters. The zero-order valence-corrected chi connectivity index (χ0v) is 7.26. The fraction of sp³-hybridized carbons (Fsp3) is 0.444. The quantitative estimate of drug-likeness (QED) is 0.561. The average Bonchev–Trinajstić information content (AvgIpc) is 1.97. The Morgan fingerprint density at radius 1 is 1.45 bits per heavy atom. The lowest BCUT2D eigenvalue weighted by molar-refractivity contribution is 0.610. The molecule has 0 aliphatic heterocycles. The zero-order valence-electron chi connectivity index (χ0n) is 7.26. The Hall–Kier alpha value is -0.920. The summed E-state index contributed by atoms with van der Waals surface area (Å²) in [6.45, 7) is 5.88. The second kappa shape index (κ2) is 5.83. The summed E-state index contributed by atoms with van der Waals surface area (Å²) in [5.41, 5.74) is 0.451.